The number of amidine groups is 1. The minimum absolute atomic E-state index is 0.0185. The van der Waals surface area contributed by atoms with Gasteiger partial charge < -0.3 is 21.0 Å². The zero-order chi connectivity index (χ0) is 13.5. The Hall–Kier alpha value is -1.30. The second kappa shape index (κ2) is 7.20. The molecule has 1 atom stereocenters. The van der Waals surface area contributed by atoms with Gasteiger partial charge in [0.25, 0.3) is 0 Å². The highest BCUT2D eigenvalue weighted by Gasteiger charge is 2.33. The van der Waals surface area contributed by atoms with Crippen molar-refractivity contribution in [2.45, 2.75) is 51.7 Å². The third kappa shape index (κ3) is 3.87. The molecule has 0 aromatic heterocycles. The van der Waals surface area contributed by atoms with Gasteiger partial charge in [-0.3, -0.25) is 4.79 Å². The number of nitrogens with one attached hydrogen (secondary N) is 1. The summed E-state index contributed by atoms with van der Waals surface area (Å²) in [6.07, 6.45) is 3.33. The van der Waals surface area contributed by atoms with Gasteiger partial charge in [0.1, 0.15) is 0 Å². The van der Waals surface area contributed by atoms with Crippen molar-refractivity contribution in [3.05, 3.63) is 0 Å². The van der Waals surface area contributed by atoms with Crippen LogP contribution in [0.4, 0.5) is 0 Å². The van der Waals surface area contributed by atoms with Crippen LogP contribution in [0.2, 0.25) is 0 Å². The molecule has 4 N–H and O–H groups in total. The molecule has 1 aliphatic carbocycles. The summed E-state index contributed by atoms with van der Waals surface area (Å²) in [6, 6.07) is 0.153. The lowest BCUT2D eigenvalue weighted by molar-refractivity contribution is -0.125. The topological polar surface area (TPSA) is 96.9 Å². The summed E-state index contributed by atoms with van der Waals surface area (Å²) in [4.78, 5) is 12.0. The van der Waals surface area contributed by atoms with E-state index in [9.17, 15) is 4.79 Å². The second-order valence-electron chi connectivity index (χ2n) is 4.62. The van der Waals surface area contributed by atoms with E-state index in [4.69, 9.17) is 15.7 Å². The lowest BCUT2D eigenvalue weighted by Gasteiger charge is -2.36. The van der Waals surface area contributed by atoms with Crippen LogP contribution in [0.25, 0.3) is 0 Å². The molecule has 1 unspecified atom stereocenters. The summed E-state index contributed by atoms with van der Waals surface area (Å²) < 4.78 is 5.43. The molecular weight excluding hydrogens is 234 g/mol. The summed E-state index contributed by atoms with van der Waals surface area (Å²) >= 11 is 0. The predicted molar refractivity (Wildman–Crippen MR) is 68.4 cm³/mol. The second-order valence-corrected chi connectivity index (χ2v) is 4.62. The quantitative estimate of drug-likeness (QED) is 0.272. The van der Waals surface area contributed by atoms with E-state index >= 15 is 0 Å². The number of nitrogens with zero attached hydrogens (tertiary/aromatic N) is 1. The van der Waals surface area contributed by atoms with E-state index in [1.54, 1.807) is 0 Å². The van der Waals surface area contributed by atoms with Crippen LogP contribution in [0.15, 0.2) is 5.16 Å². The molecule has 6 nitrogen and oxygen atoms in total. The Morgan fingerprint density at radius 2 is 2.22 bits per heavy atom. The van der Waals surface area contributed by atoms with Crippen molar-refractivity contribution in [2.75, 3.05) is 6.61 Å². The maximum Gasteiger partial charge on any atom is 0.231 e. The average molecular weight is 257 g/mol. The SMILES string of the molecule is CCCC(C(=O)NC1CC(OCC)C1)C(N)=NO. The first-order valence-corrected chi connectivity index (χ1v) is 6.51. The number of nitrogens with two attached hydrogens (primary N) is 1. The lowest BCUT2D eigenvalue weighted by Crippen LogP contribution is -2.51. The van der Waals surface area contributed by atoms with Crippen LogP contribution >= 0.6 is 0 Å². The third-order valence-corrected chi connectivity index (χ3v) is 3.21. The summed E-state index contributed by atoms with van der Waals surface area (Å²) in [5.41, 5.74) is 5.53. The highest BCUT2D eigenvalue weighted by molar-refractivity contribution is 6.02. The van der Waals surface area contributed by atoms with Crippen molar-refractivity contribution >= 4 is 11.7 Å². The van der Waals surface area contributed by atoms with Crippen molar-refractivity contribution in [1.29, 1.82) is 0 Å². The number of amides is 1. The number of rotatable bonds is 7. The molecule has 0 bridgehead atoms. The molecule has 1 fully saturated rings. The fourth-order valence-electron chi connectivity index (χ4n) is 2.13. The van der Waals surface area contributed by atoms with Gasteiger partial charge in [0.05, 0.1) is 12.0 Å². The monoisotopic (exact) mass is 257 g/mol. The van der Waals surface area contributed by atoms with Crippen LogP contribution in [-0.4, -0.2) is 35.7 Å². The van der Waals surface area contributed by atoms with Crippen LogP contribution in [0, 0.1) is 5.92 Å². The molecule has 18 heavy (non-hydrogen) atoms. The minimum atomic E-state index is -0.536. The molecule has 1 saturated carbocycles. The Kier molecular flexibility index (Phi) is 5.91. The molecule has 6 heteroatoms. The van der Waals surface area contributed by atoms with Crippen LogP contribution < -0.4 is 11.1 Å². The van der Waals surface area contributed by atoms with E-state index in [1.807, 2.05) is 13.8 Å². The first-order chi connectivity index (χ1) is 8.62. The highest BCUT2D eigenvalue weighted by atomic mass is 16.5. The zero-order valence-corrected chi connectivity index (χ0v) is 11.1. The van der Waals surface area contributed by atoms with Gasteiger partial charge in [-0.1, -0.05) is 18.5 Å². The van der Waals surface area contributed by atoms with Gasteiger partial charge in [0.2, 0.25) is 5.91 Å². The molecule has 0 aromatic rings. The number of oxime groups is 1. The molecular formula is C12H23N3O3. The molecule has 0 saturated heterocycles. The maximum absolute atomic E-state index is 12.0. The van der Waals surface area contributed by atoms with Crippen molar-refractivity contribution < 1.29 is 14.7 Å². The van der Waals surface area contributed by atoms with Gasteiger partial charge in [-0.05, 0) is 26.2 Å². The Morgan fingerprint density at radius 1 is 1.56 bits per heavy atom. The van der Waals surface area contributed by atoms with E-state index in [-0.39, 0.29) is 23.9 Å². The van der Waals surface area contributed by atoms with Crippen molar-refractivity contribution in [2.24, 2.45) is 16.8 Å². The maximum atomic E-state index is 12.0. The number of hydrogen-bond donors (Lipinski definition) is 3. The van der Waals surface area contributed by atoms with Crippen molar-refractivity contribution in [3.63, 3.8) is 0 Å². The van der Waals surface area contributed by atoms with E-state index in [0.29, 0.717) is 13.0 Å². The molecule has 1 amide bonds. The minimum Gasteiger partial charge on any atom is -0.409 e. The fraction of sp³-hybridized carbons (Fsp3) is 0.833. The smallest absolute Gasteiger partial charge is 0.231 e. The van der Waals surface area contributed by atoms with Gasteiger partial charge in [-0.25, -0.2) is 0 Å². The Morgan fingerprint density at radius 3 is 2.72 bits per heavy atom. The predicted octanol–water partition coefficient (Wildman–Crippen LogP) is 0.833. The first kappa shape index (κ1) is 14.8. The zero-order valence-electron chi connectivity index (χ0n) is 11.1. The fourth-order valence-corrected chi connectivity index (χ4v) is 2.13. The molecule has 0 radical (unpaired) electrons. The lowest BCUT2D eigenvalue weighted by atomic mass is 9.88. The summed E-state index contributed by atoms with van der Waals surface area (Å²) in [7, 11) is 0. The van der Waals surface area contributed by atoms with Gasteiger partial charge in [-0.2, -0.15) is 0 Å². The van der Waals surface area contributed by atoms with E-state index in [0.717, 1.165) is 19.3 Å². The number of ether oxygens (including phenoxy) is 1. The largest absolute Gasteiger partial charge is 0.409 e. The summed E-state index contributed by atoms with van der Waals surface area (Å²) in [6.45, 7) is 4.62. The first-order valence-electron chi connectivity index (χ1n) is 6.51. The number of carbonyl (C=O) groups is 1. The van der Waals surface area contributed by atoms with Crippen LogP contribution in [0.5, 0.6) is 0 Å². The standard InChI is InChI=1S/C12H23N3O3/c1-3-5-10(11(13)15-17)12(16)14-8-6-9(7-8)18-4-2/h8-10,17H,3-7H2,1-2H3,(H2,13,15)(H,14,16). The Bertz CT molecular complexity index is 301. The van der Waals surface area contributed by atoms with E-state index in [1.165, 1.54) is 0 Å². The van der Waals surface area contributed by atoms with Crippen LogP contribution in [0.1, 0.15) is 39.5 Å². The molecule has 0 aromatic carbocycles. The van der Waals surface area contributed by atoms with Crippen molar-refractivity contribution in [3.8, 4) is 0 Å². The van der Waals surface area contributed by atoms with E-state index in [2.05, 4.69) is 10.5 Å². The molecule has 0 spiro atoms. The molecule has 1 rings (SSSR count). The van der Waals surface area contributed by atoms with Crippen LogP contribution in [0.3, 0.4) is 0 Å². The Balaban J connectivity index is 2.39. The summed E-state index contributed by atoms with van der Waals surface area (Å²) in [5, 5.41) is 14.5. The number of carbonyl (C=O) groups excluding carboxylic acids is 1. The van der Waals surface area contributed by atoms with Crippen molar-refractivity contribution in [1.82, 2.24) is 5.32 Å². The molecule has 1 aliphatic rings. The number of hydrogen-bond acceptors (Lipinski definition) is 4. The molecule has 0 aliphatic heterocycles. The van der Waals surface area contributed by atoms with Crippen LogP contribution in [-0.2, 0) is 9.53 Å². The van der Waals surface area contributed by atoms with Gasteiger partial charge in [0.15, 0.2) is 5.84 Å². The third-order valence-electron chi connectivity index (χ3n) is 3.21. The van der Waals surface area contributed by atoms with Gasteiger partial charge in [0, 0.05) is 12.6 Å². The summed E-state index contributed by atoms with van der Waals surface area (Å²) in [5.74, 6) is -0.715. The molecule has 0 heterocycles. The average Bonchev–Trinajstić information content (AvgIpc) is 2.32. The molecule has 104 valence electrons. The highest BCUT2D eigenvalue weighted by Crippen LogP contribution is 2.23. The Labute approximate surface area is 108 Å². The van der Waals surface area contributed by atoms with Gasteiger partial charge in [-0.15, -0.1) is 0 Å². The van der Waals surface area contributed by atoms with E-state index < -0.39 is 5.92 Å². The van der Waals surface area contributed by atoms with Gasteiger partial charge >= 0.3 is 0 Å². The normalized spacial score (nSPS) is 25.3.